The van der Waals surface area contributed by atoms with Crippen molar-refractivity contribution in [3.8, 4) is 0 Å². The molecule has 180 valence electrons. The van der Waals surface area contributed by atoms with Gasteiger partial charge in [0.2, 0.25) is 15.9 Å². The van der Waals surface area contributed by atoms with E-state index < -0.39 is 10.0 Å². The summed E-state index contributed by atoms with van der Waals surface area (Å²) >= 11 is 0. The van der Waals surface area contributed by atoms with E-state index in [1.807, 2.05) is 25.1 Å². The third kappa shape index (κ3) is 8.14. The molecule has 1 heterocycles. The topological polar surface area (TPSA) is 81.8 Å². The Bertz CT molecular complexity index is 980. The second kappa shape index (κ2) is 12.2. The smallest absolute Gasteiger partial charge is 0.240 e. The molecule has 0 saturated carbocycles. The van der Waals surface area contributed by atoms with Gasteiger partial charge in [-0.15, -0.1) is 0 Å². The van der Waals surface area contributed by atoms with Crippen LogP contribution in [0.15, 0.2) is 59.5 Å². The third-order valence-electron chi connectivity index (χ3n) is 6.05. The minimum atomic E-state index is -3.51. The van der Waals surface area contributed by atoms with Crippen molar-refractivity contribution in [3.63, 3.8) is 0 Å². The van der Waals surface area contributed by atoms with Gasteiger partial charge in [0.15, 0.2) is 0 Å². The fraction of sp³-hybridized carbons (Fsp3) is 0.480. The van der Waals surface area contributed by atoms with Gasteiger partial charge in [0, 0.05) is 38.9 Å². The number of anilines is 1. The molecule has 2 N–H and O–H groups in total. The van der Waals surface area contributed by atoms with Crippen LogP contribution >= 0.6 is 0 Å². The van der Waals surface area contributed by atoms with Crippen molar-refractivity contribution in [2.75, 3.05) is 51.2 Å². The van der Waals surface area contributed by atoms with Crippen LogP contribution in [-0.4, -0.2) is 65.5 Å². The number of hydrogen-bond acceptors (Lipinski definition) is 5. The molecule has 2 aromatic rings. The normalized spacial score (nSPS) is 17.0. The second-order valence-electron chi connectivity index (χ2n) is 8.87. The molecule has 1 atom stereocenters. The number of sulfonamides is 1. The molecule has 0 bridgehead atoms. The first-order valence-electron chi connectivity index (χ1n) is 11.6. The van der Waals surface area contributed by atoms with Gasteiger partial charge in [-0.25, -0.2) is 13.1 Å². The van der Waals surface area contributed by atoms with Crippen LogP contribution in [0.1, 0.15) is 24.8 Å². The average Bonchev–Trinajstić information content (AvgIpc) is 2.81. The predicted octanol–water partition coefficient (Wildman–Crippen LogP) is 2.63. The molecular formula is C25H36N4O3S. The maximum Gasteiger partial charge on any atom is 0.240 e. The van der Waals surface area contributed by atoms with Crippen molar-refractivity contribution in [1.29, 1.82) is 0 Å². The molecule has 3 rings (SSSR count). The Morgan fingerprint density at radius 3 is 2.58 bits per heavy atom. The van der Waals surface area contributed by atoms with Gasteiger partial charge in [-0.1, -0.05) is 35.9 Å². The molecule has 1 aliphatic heterocycles. The van der Waals surface area contributed by atoms with E-state index in [4.69, 9.17) is 0 Å². The van der Waals surface area contributed by atoms with Gasteiger partial charge >= 0.3 is 0 Å². The molecule has 1 aliphatic rings. The summed E-state index contributed by atoms with van der Waals surface area (Å²) in [4.78, 5) is 17.0. The lowest BCUT2D eigenvalue weighted by Crippen LogP contribution is -2.45. The molecule has 0 aliphatic carbocycles. The Morgan fingerprint density at radius 2 is 1.85 bits per heavy atom. The number of nitrogens with zero attached hydrogens (tertiary/aromatic N) is 2. The fourth-order valence-corrected chi connectivity index (χ4v) is 5.22. The molecule has 1 saturated heterocycles. The lowest BCUT2D eigenvalue weighted by molar-refractivity contribution is -0.122. The molecule has 1 fully saturated rings. The van der Waals surface area contributed by atoms with Crippen LogP contribution in [0, 0.1) is 12.8 Å². The van der Waals surface area contributed by atoms with Crippen LogP contribution in [0.2, 0.25) is 0 Å². The average molecular weight is 473 g/mol. The number of carbonyl (C=O) groups is 1. The van der Waals surface area contributed by atoms with E-state index >= 15 is 0 Å². The van der Waals surface area contributed by atoms with Crippen LogP contribution in [0.4, 0.5) is 5.69 Å². The molecule has 0 aromatic heterocycles. The Kier molecular flexibility index (Phi) is 9.29. The maximum absolute atomic E-state index is 12.5. The van der Waals surface area contributed by atoms with Crippen molar-refractivity contribution >= 4 is 21.6 Å². The van der Waals surface area contributed by atoms with Gasteiger partial charge in [0.1, 0.15) is 0 Å². The van der Waals surface area contributed by atoms with E-state index in [0.29, 0.717) is 19.6 Å². The Balaban J connectivity index is 1.36. The highest BCUT2D eigenvalue weighted by atomic mass is 32.2. The first-order chi connectivity index (χ1) is 15.8. The molecule has 1 amide bonds. The highest BCUT2D eigenvalue weighted by molar-refractivity contribution is 7.89. The second-order valence-corrected chi connectivity index (χ2v) is 10.6. The zero-order valence-electron chi connectivity index (χ0n) is 19.7. The van der Waals surface area contributed by atoms with Gasteiger partial charge in [0.25, 0.3) is 0 Å². The number of hydrogen-bond donors (Lipinski definition) is 2. The summed E-state index contributed by atoms with van der Waals surface area (Å²) in [6.07, 6.45) is 2.80. The lowest BCUT2D eigenvalue weighted by Gasteiger charge is -2.32. The van der Waals surface area contributed by atoms with Crippen molar-refractivity contribution in [1.82, 2.24) is 14.9 Å². The zero-order chi connectivity index (χ0) is 23.7. The van der Waals surface area contributed by atoms with Crippen molar-refractivity contribution in [2.45, 2.75) is 31.1 Å². The highest BCUT2D eigenvalue weighted by Crippen LogP contribution is 2.17. The first kappa shape index (κ1) is 25.2. The standard InChI is InChI=1S/C25H36N4O3S/c1-21-11-13-24(14-12-21)33(31,32)27-18-22-8-6-17-29(19-22)20-25(30)26-15-7-16-28(2)23-9-4-3-5-10-23/h3-5,9-14,22,27H,6-8,15-20H2,1-2H3,(H,26,30). The minimum Gasteiger partial charge on any atom is -0.375 e. The van der Waals surface area contributed by atoms with E-state index in [-0.39, 0.29) is 16.7 Å². The maximum atomic E-state index is 12.5. The Hall–Kier alpha value is -2.42. The minimum absolute atomic E-state index is 0.0262. The van der Waals surface area contributed by atoms with Crippen LogP contribution in [0.5, 0.6) is 0 Å². The Morgan fingerprint density at radius 1 is 1.12 bits per heavy atom. The summed E-state index contributed by atoms with van der Waals surface area (Å²) in [7, 11) is -1.46. The van der Waals surface area contributed by atoms with Crippen LogP contribution in [0.25, 0.3) is 0 Å². The number of amides is 1. The molecule has 0 radical (unpaired) electrons. The number of carbonyl (C=O) groups excluding carboxylic acids is 1. The number of para-hydroxylation sites is 1. The number of piperidine rings is 1. The van der Waals surface area contributed by atoms with Crippen LogP contribution < -0.4 is 14.9 Å². The summed E-state index contributed by atoms with van der Waals surface area (Å²) < 4.78 is 27.8. The molecule has 0 spiro atoms. The molecule has 7 nitrogen and oxygen atoms in total. The summed E-state index contributed by atoms with van der Waals surface area (Å²) in [5, 5.41) is 3.02. The van der Waals surface area contributed by atoms with Gasteiger partial charge < -0.3 is 10.2 Å². The van der Waals surface area contributed by atoms with E-state index in [0.717, 1.165) is 44.5 Å². The van der Waals surface area contributed by atoms with E-state index in [1.165, 1.54) is 5.69 Å². The Labute approximate surface area is 198 Å². The van der Waals surface area contributed by atoms with Gasteiger partial charge in [-0.2, -0.15) is 0 Å². The largest absolute Gasteiger partial charge is 0.375 e. The SMILES string of the molecule is Cc1ccc(S(=O)(=O)NCC2CCCN(CC(=O)NCCCN(C)c3ccccc3)C2)cc1. The van der Waals surface area contributed by atoms with Crippen molar-refractivity contribution in [3.05, 3.63) is 60.2 Å². The quantitative estimate of drug-likeness (QED) is 0.492. The monoisotopic (exact) mass is 472 g/mol. The van der Waals surface area contributed by atoms with Crippen molar-refractivity contribution < 1.29 is 13.2 Å². The summed E-state index contributed by atoms with van der Waals surface area (Å²) in [6, 6.07) is 17.1. The van der Waals surface area contributed by atoms with E-state index in [9.17, 15) is 13.2 Å². The summed E-state index contributed by atoms with van der Waals surface area (Å²) in [5.74, 6) is 0.226. The number of nitrogens with one attached hydrogen (secondary N) is 2. The van der Waals surface area contributed by atoms with Gasteiger partial charge in [0.05, 0.1) is 11.4 Å². The molecule has 2 aromatic carbocycles. The first-order valence-corrected chi connectivity index (χ1v) is 13.1. The number of benzene rings is 2. The lowest BCUT2D eigenvalue weighted by atomic mass is 9.98. The molecule has 8 heteroatoms. The van der Waals surface area contributed by atoms with Gasteiger partial charge in [-0.05, 0) is 62.9 Å². The summed E-state index contributed by atoms with van der Waals surface area (Å²) in [6.45, 7) is 5.78. The van der Waals surface area contributed by atoms with E-state index in [2.05, 4.69) is 39.0 Å². The third-order valence-corrected chi connectivity index (χ3v) is 7.49. The van der Waals surface area contributed by atoms with Crippen LogP contribution in [0.3, 0.4) is 0 Å². The number of rotatable bonds is 11. The predicted molar refractivity (Wildman–Crippen MR) is 133 cm³/mol. The van der Waals surface area contributed by atoms with Crippen molar-refractivity contribution in [2.24, 2.45) is 5.92 Å². The zero-order valence-corrected chi connectivity index (χ0v) is 20.5. The van der Waals surface area contributed by atoms with Crippen LogP contribution in [-0.2, 0) is 14.8 Å². The van der Waals surface area contributed by atoms with Gasteiger partial charge in [-0.3, -0.25) is 9.69 Å². The molecule has 33 heavy (non-hydrogen) atoms. The summed E-state index contributed by atoms with van der Waals surface area (Å²) in [5.41, 5.74) is 2.19. The number of likely N-dealkylation sites (tertiary alicyclic amines) is 1. The molecular weight excluding hydrogens is 436 g/mol. The molecule has 1 unspecified atom stereocenters. The van der Waals surface area contributed by atoms with E-state index in [1.54, 1.807) is 24.3 Å². The fourth-order valence-electron chi connectivity index (χ4n) is 4.10. The highest BCUT2D eigenvalue weighted by Gasteiger charge is 2.23. The number of aryl methyl sites for hydroxylation is 1.